The van der Waals surface area contributed by atoms with Gasteiger partial charge in [-0.3, -0.25) is 9.59 Å². The summed E-state index contributed by atoms with van der Waals surface area (Å²) in [5, 5.41) is 6.48. The van der Waals surface area contributed by atoms with Crippen LogP contribution in [0.15, 0.2) is 54.6 Å². The third-order valence-electron chi connectivity index (χ3n) is 7.24. The van der Waals surface area contributed by atoms with E-state index in [0.29, 0.717) is 17.9 Å². The summed E-state index contributed by atoms with van der Waals surface area (Å²) in [6.07, 6.45) is -0.361. The molecule has 5 nitrogen and oxygen atoms in total. The van der Waals surface area contributed by atoms with Crippen molar-refractivity contribution in [3.8, 4) is 0 Å². The quantitative estimate of drug-likeness (QED) is 0.418. The maximum Gasteiger partial charge on any atom is 0.416 e. The molecule has 0 radical (unpaired) electrons. The molecule has 1 heterocycles. The van der Waals surface area contributed by atoms with Crippen molar-refractivity contribution in [2.45, 2.75) is 56.3 Å². The molecule has 3 atom stereocenters. The van der Waals surface area contributed by atoms with Crippen molar-refractivity contribution in [2.24, 2.45) is 0 Å². The fourth-order valence-corrected chi connectivity index (χ4v) is 5.78. The number of alkyl halides is 3. The van der Waals surface area contributed by atoms with Gasteiger partial charge in [0, 0.05) is 48.2 Å². The number of hydrogen-bond donors (Lipinski definition) is 2. The van der Waals surface area contributed by atoms with Crippen LogP contribution in [0.3, 0.4) is 0 Å². The molecular formula is C28H34F3N3O2S. The van der Waals surface area contributed by atoms with Gasteiger partial charge in [-0.25, -0.2) is 0 Å². The molecule has 1 aliphatic carbocycles. The van der Waals surface area contributed by atoms with Crippen LogP contribution >= 0.6 is 11.8 Å². The van der Waals surface area contributed by atoms with E-state index in [1.165, 1.54) is 0 Å². The molecule has 3 unspecified atom stereocenters. The number of thioether (sulfide) groups is 1. The zero-order valence-corrected chi connectivity index (χ0v) is 21.8. The Morgan fingerprint density at radius 2 is 1.73 bits per heavy atom. The second-order valence-electron chi connectivity index (χ2n) is 10.1. The van der Waals surface area contributed by atoms with Crippen molar-refractivity contribution < 1.29 is 22.8 Å². The Morgan fingerprint density at radius 1 is 1.05 bits per heavy atom. The Bertz CT molecular complexity index is 1060. The normalized spacial score (nSPS) is 22.4. The molecule has 2 N–H and O–H groups in total. The lowest BCUT2D eigenvalue weighted by Crippen LogP contribution is -2.51. The fraction of sp³-hybridized carbons (Fsp3) is 0.500. The first-order valence-electron chi connectivity index (χ1n) is 12.8. The average molecular weight is 534 g/mol. The third kappa shape index (κ3) is 7.29. The standard InChI is InChI=1S/C28H34F3N3O2S/c1-27(18-23(27)20-10-12-22(13-11-20)28(29,30)31)32-14-17-37-19-24(26(36)34-15-6-3-7-16-34)33-25(35)21-8-4-2-5-9-21/h2,4-5,8-13,23-24,32H,3,6-7,14-19H2,1H3,(H,33,35). The van der Waals surface area contributed by atoms with Crippen LogP contribution in [0.2, 0.25) is 0 Å². The van der Waals surface area contributed by atoms with E-state index >= 15 is 0 Å². The van der Waals surface area contributed by atoms with Crippen molar-refractivity contribution in [3.63, 3.8) is 0 Å². The molecule has 0 aromatic heterocycles. The van der Waals surface area contributed by atoms with E-state index < -0.39 is 17.8 Å². The van der Waals surface area contributed by atoms with Crippen LogP contribution in [0.4, 0.5) is 13.2 Å². The smallest absolute Gasteiger partial charge is 0.341 e. The highest BCUT2D eigenvalue weighted by Crippen LogP contribution is 2.51. The van der Waals surface area contributed by atoms with Crippen LogP contribution in [0, 0.1) is 0 Å². The summed E-state index contributed by atoms with van der Waals surface area (Å²) in [4.78, 5) is 27.8. The highest BCUT2D eigenvalue weighted by Gasteiger charge is 2.50. The van der Waals surface area contributed by atoms with Gasteiger partial charge in [0.2, 0.25) is 5.91 Å². The van der Waals surface area contributed by atoms with Gasteiger partial charge in [0.05, 0.1) is 5.56 Å². The van der Waals surface area contributed by atoms with Crippen LogP contribution < -0.4 is 10.6 Å². The maximum absolute atomic E-state index is 13.2. The number of likely N-dealkylation sites (tertiary alicyclic amines) is 1. The lowest BCUT2D eigenvalue weighted by molar-refractivity contribution is -0.137. The van der Waals surface area contributed by atoms with E-state index in [1.807, 2.05) is 11.0 Å². The van der Waals surface area contributed by atoms with Gasteiger partial charge in [0.25, 0.3) is 5.91 Å². The number of carbonyl (C=O) groups excluding carboxylic acids is 2. The van der Waals surface area contributed by atoms with Gasteiger partial charge in [0.15, 0.2) is 0 Å². The van der Waals surface area contributed by atoms with Crippen LogP contribution in [-0.2, 0) is 11.0 Å². The summed E-state index contributed by atoms with van der Waals surface area (Å²) < 4.78 is 38.5. The third-order valence-corrected chi connectivity index (χ3v) is 8.31. The highest BCUT2D eigenvalue weighted by molar-refractivity contribution is 7.99. The summed E-state index contributed by atoms with van der Waals surface area (Å²) in [7, 11) is 0. The number of amides is 2. The van der Waals surface area contributed by atoms with Crippen molar-refractivity contribution >= 4 is 23.6 Å². The van der Waals surface area contributed by atoms with Gasteiger partial charge in [-0.2, -0.15) is 24.9 Å². The molecule has 2 aromatic carbocycles. The second kappa shape index (κ2) is 11.9. The number of hydrogen-bond acceptors (Lipinski definition) is 4. The van der Waals surface area contributed by atoms with Gasteiger partial charge >= 0.3 is 6.18 Å². The van der Waals surface area contributed by atoms with Gasteiger partial charge in [0.1, 0.15) is 6.04 Å². The van der Waals surface area contributed by atoms with Crippen molar-refractivity contribution in [1.29, 1.82) is 0 Å². The summed E-state index contributed by atoms with van der Waals surface area (Å²) in [6, 6.07) is 13.8. The first kappa shape index (κ1) is 27.5. The SMILES string of the molecule is CC1(NCCSCC(NC(=O)c2ccccc2)C(=O)N2CCCCC2)CC1c1ccc(C(F)(F)F)cc1. The summed E-state index contributed by atoms with van der Waals surface area (Å²) in [6.45, 7) is 4.25. The van der Waals surface area contributed by atoms with E-state index in [2.05, 4.69) is 17.6 Å². The number of nitrogens with one attached hydrogen (secondary N) is 2. The molecule has 9 heteroatoms. The number of carbonyl (C=O) groups is 2. The lowest BCUT2D eigenvalue weighted by Gasteiger charge is -2.30. The van der Waals surface area contributed by atoms with E-state index in [9.17, 15) is 22.8 Å². The molecular weight excluding hydrogens is 499 g/mol. The number of benzene rings is 2. The van der Waals surface area contributed by atoms with Crippen LogP contribution in [0.5, 0.6) is 0 Å². The Morgan fingerprint density at radius 3 is 2.38 bits per heavy atom. The minimum Gasteiger partial charge on any atom is -0.341 e. The first-order chi connectivity index (χ1) is 17.7. The second-order valence-corrected chi connectivity index (χ2v) is 11.2. The maximum atomic E-state index is 13.2. The molecule has 200 valence electrons. The monoisotopic (exact) mass is 533 g/mol. The Balaban J connectivity index is 1.26. The van der Waals surface area contributed by atoms with E-state index in [1.54, 1.807) is 48.2 Å². The topological polar surface area (TPSA) is 61.4 Å². The summed E-state index contributed by atoms with van der Waals surface area (Å²) in [5.74, 6) is 1.13. The molecule has 1 saturated heterocycles. The van der Waals surface area contributed by atoms with Crippen LogP contribution in [0.25, 0.3) is 0 Å². The Hall–Kier alpha value is -2.52. The van der Waals surface area contributed by atoms with E-state index in [-0.39, 0.29) is 23.3 Å². The fourth-order valence-electron chi connectivity index (χ4n) is 4.90. The average Bonchev–Trinajstić information content (AvgIpc) is 3.59. The minimum absolute atomic E-state index is 0.0269. The largest absolute Gasteiger partial charge is 0.416 e. The molecule has 1 saturated carbocycles. The van der Waals surface area contributed by atoms with Crippen molar-refractivity contribution in [2.75, 3.05) is 31.1 Å². The molecule has 2 amide bonds. The van der Waals surface area contributed by atoms with E-state index in [4.69, 9.17) is 0 Å². The molecule has 2 aliphatic rings. The molecule has 37 heavy (non-hydrogen) atoms. The van der Waals surface area contributed by atoms with E-state index in [0.717, 1.165) is 62.2 Å². The molecule has 4 rings (SSSR count). The zero-order valence-electron chi connectivity index (χ0n) is 21.0. The lowest BCUT2D eigenvalue weighted by atomic mass is 10.0. The number of piperidine rings is 1. The van der Waals surface area contributed by atoms with Crippen LogP contribution in [0.1, 0.15) is 60.0 Å². The minimum atomic E-state index is -4.32. The number of halogens is 3. The predicted octanol–water partition coefficient (Wildman–Crippen LogP) is 5.09. The number of nitrogens with zero attached hydrogens (tertiary/aromatic N) is 1. The molecule has 2 aromatic rings. The van der Waals surface area contributed by atoms with Gasteiger partial charge in [-0.05, 0) is 62.4 Å². The Kier molecular flexibility index (Phi) is 8.85. The Labute approximate surface area is 220 Å². The predicted molar refractivity (Wildman–Crippen MR) is 141 cm³/mol. The molecule has 0 spiro atoms. The van der Waals surface area contributed by atoms with Gasteiger partial charge in [-0.1, -0.05) is 30.3 Å². The number of rotatable bonds is 10. The first-order valence-corrected chi connectivity index (χ1v) is 14.0. The van der Waals surface area contributed by atoms with Gasteiger partial charge < -0.3 is 15.5 Å². The zero-order chi connectivity index (χ0) is 26.5. The summed E-state index contributed by atoms with van der Waals surface area (Å²) in [5.41, 5.74) is 0.661. The van der Waals surface area contributed by atoms with Gasteiger partial charge in [-0.15, -0.1) is 0 Å². The van der Waals surface area contributed by atoms with Crippen LogP contribution in [-0.4, -0.2) is 59.4 Å². The molecule has 1 aliphatic heterocycles. The summed E-state index contributed by atoms with van der Waals surface area (Å²) >= 11 is 1.61. The highest BCUT2D eigenvalue weighted by atomic mass is 32.2. The molecule has 2 fully saturated rings. The molecule has 0 bridgehead atoms. The van der Waals surface area contributed by atoms with Crippen molar-refractivity contribution in [1.82, 2.24) is 15.5 Å². The van der Waals surface area contributed by atoms with Crippen molar-refractivity contribution in [3.05, 3.63) is 71.3 Å².